The molecule has 2 aliphatic carbocycles. The van der Waals surface area contributed by atoms with Gasteiger partial charge in [-0.15, -0.1) is 0 Å². The Hall–Kier alpha value is -1.06. The Morgan fingerprint density at radius 3 is 2.33 bits per heavy atom. The topological polar surface area (TPSA) is 52.6 Å². The number of carbonyl (C=O) groups excluding carboxylic acids is 2. The van der Waals surface area contributed by atoms with Crippen LogP contribution in [0.25, 0.3) is 0 Å². The van der Waals surface area contributed by atoms with E-state index in [0.29, 0.717) is 18.3 Å². The van der Waals surface area contributed by atoms with E-state index >= 15 is 0 Å². The zero-order valence-electron chi connectivity index (χ0n) is 13.3. The lowest BCUT2D eigenvalue weighted by Gasteiger charge is -2.42. The van der Waals surface area contributed by atoms with Crippen LogP contribution in [0.3, 0.4) is 0 Å². The van der Waals surface area contributed by atoms with Crippen molar-refractivity contribution in [1.29, 1.82) is 0 Å². The fourth-order valence-corrected chi connectivity index (χ4v) is 4.94. The molecule has 1 heterocycles. The van der Waals surface area contributed by atoms with E-state index < -0.39 is 11.2 Å². The third-order valence-corrected chi connectivity index (χ3v) is 5.71. The molecule has 0 aromatic rings. The fraction of sp³-hybridized carbons (Fsp3) is 0.882. The molecule has 1 spiro atoms. The van der Waals surface area contributed by atoms with Crippen molar-refractivity contribution in [3.8, 4) is 0 Å². The van der Waals surface area contributed by atoms with Gasteiger partial charge in [-0.1, -0.05) is 32.6 Å². The minimum absolute atomic E-state index is 0.124. The van der Waals surface area contributed by atoms with Gasteiger partial charge in [-0.05, 0) is 37.0 Å². The highest BCUT2D eigenvalue weighted by Crippen LogP contribution is 2.60. The second-order valence-electron chi connectivity index (χ2n) is 7.46. The first-order valence-corrected chi connectivity index (χ1v) is 8.37. The Morgan fingerprint density at radius 2 is 1.71 bits per heavy atom. The van der Waals surface area contributed by atoms with Crippen LogP contribution < -0.4 is 0 Å². The molecule has 0 amide bonds. The molecule has 3 rings (SSSR count). The van der Waals surface area contributed by atoms with Crippen LogP contribution in [0.4, 0.5) is 0 Å². The minimum Gasteiger partial charge on any atom is -0.422 e. The molecular formula is C17H26O4. The Labute approximate surface area is 126 Å². The van der Waals surface area contributed by atoms with E-state index in [1.807, 2.05) is 0 Å². The minimum atomic E-state index is -1.12. The summed E-state index contributed by atoms with van der Waals surface area (Å²) in [7, 11) is 0. The Bertz CT molecular complexity index is 434. The lowest BCUT2D eigenvalue weighted by Crippen LogP contribution is -2.56. The number of cyclic esters (lactones) is 2. The number of ether oxygens (including phenoxy) is 2. The summed E-state index contributed by atoms with van der Waals surface area (Å²) in [4.78, 5) is 25.5. The number of esters is 2. The number of fused-ring (bicyclic) bond motifs is 2. The summed E-state index contributed by atoms with van der Waals surface area (Å²) in [5.74, 6) is -0.717. The van der Waals surface area contributed by atoms with Gasteiger partial charge in [-0.2, -0.15) is 0 Å². The first-order valence-electron chi connectivity index (χ1n) is 8.37. The standard InChI is InChI=1S/C17H26O4/c1-4-7-11-10-17(13-9-6-5-8-12(11)13)14(18)20-16(2,3)21-15(17)19/h11-13H,4-10H2,1-3H3/t11-,12+,13+/m1/s1. The van der Waals surface area contributed by atoms with E-state index in [1.54, 1.807) is 13.8 Å². The number of rotatable bonds is 2. The quantitative estimate of drug-likeness (QED) is 0.578. The monoisotopic (exact) mass is 294 g/mol. The SMILES string of the molecule is CCC[C@@H]1CC2(C(=O)OC(C)(C)OC2=O)[C@H]2CCCC[C@@H]12. The molecule has 4 nitrogen and oxygen atoms in total. The van der Waals surface area contributed by atoms with Gasteiger partial charge < -0.3 is 9.47 Å². The van der Waals surface area contributed by atoms with Crippen molar-refractivity contribution in [2.45, 2.75) is 71.5 Å². The Kier molecular flexibility index (Phi) is 3.53. The van der Waals surface area contributed by atoms with Crippen molar-refractivity contribution in [3.63, 3.8) is 0 Å². The molecule has 0 bridgehead atoms. The van der Waals surface area contributed by atoms with Gasteiger partial charge in [0.05, 0.1) is 0 Å². The number of hydrogen-bond acceptors (Lipinski definition) is 4. The van der Waals surface area contributed by atoms with E-state index in [9.17, 15) is 9.59 Å². The van der Waals surface area contributed by atoms with Crippen LogP contribution in [-0.2, 0) is 19.1 Å². The molecule has 3 fully saturated rings. The van der Waals surface area contributed by atoms with Crippen molar-refractivity contribution in [1.82, 2.24) is 0 Å². The van der Waals surface area contributed by atoms with Crippen LogP contribution in [0.15, 0.2) is 0 Å². The van der Waals surface area contributed by atoms with Gasteiger partial charge in [0, 0.05) is 13.8 Å². The van der Waals surface area contributed by atoms with Crippen molar-refractivity contribution >= 4 is 11.9 Å². The first-order chi connectivity index (χ1) is 9.90. The van der Waals surface area contributed by atoms with E-state index in [4.69, 9.17) is 9.47 Å². The molecule has 2 saturated carbocycles. The van der Waals surface area contributed by atoms with Crippen molar-refractivity contribution in [3.05, 3.63) is 0 Å². The Balaban J connectivity index is 1.95. The van der Waals surface area contributed by atoms with E-state index in [1.165, 1.54) is 6.42 Å². The average Bonchev–Trinajstić information content (AvgIpc) is 2.73. The van der Waals surface area contributed by atoms with Crippen LogP contribution in [0, 0.1) is 23.2 Å². The largest absolute Gasteiger partial charge is 0.422 e. The summed E-state index contributed by atoms with van der Waals surface area (Å²) in [5.41, 5.74) is -1.01. The summed E-state index contributed by atoms with van der Waals surface area (Å²) in [6, 6.07) is 0. The van der Waals surface area contributed by atoms with Crippen LogP contribution in [0.1, 0.15) is 65.7 Å². The maximum Gasteiger partial charge on any atom is 0.327 e. The maximum atomic E-state index is 12.7. The maximum absolute atomic E-state index is 12.7. The predicted octanol–water partition coefficient (Wildman–Crippen LogP) is 3.44. The zero-order valence-corrected chi connectivity index (χ0v) is 13.3. The molecule has 0 N–H and O–H groups in total. The van der Waals surface area contributed by atoms with Gasteiger partial charge in [0.1, 0.15) is 0 Å². The van der Waals surface area contributed by atoms with Gasteiger partial charge in [-0.3, -0.25) is 9.59 Å². The van der Waals surface area contributed by atoms with Gasteiger partial charge >= 0.3 is 11.9 Å². The molecule has 0 aromatic carbocycles. The molecule has 3 atom stereocenters. The number of carbonyl (C=O) groups is 2. The van der Waals surface area contributed by atoms with Crippen LogP contribution in [-0.4, -0.2) is 17.7 Å². The van der Waals surface area contributed by atoms with Crippen molar-refractivity contribution in [2.75, 3.05) is 0 Å². The van der Waals surface area contributed by atoms with Crippen molar-refractivity contribution < 1.29 is 19.1 Å². The van der Waals surface area contributed by atoms with Gasteiger partial charge in [0.25, 0.3) is 5.79 Å². The molecule has 0 aromatic heterocycles. The zero-order chi connectivity index (χ0) is 15.3. The second kappa shape index (κ2) is 4.99. The summed E-state index contributed by atoms with van der Waals surface area (Å²) in [6.07, 6.45) is 7.23. The third kappa shape index (κ3) is 2.18. The average molecular weight is 294 g/mol. The molecule has 118 valence electrons. The smallest absolute Gasteiger partial charge is 0.327 e. The lowest BCUT2D eigenvalue weighted by molar-refractivity contribution is -0.255. The van der Waals surface area contributed by atoms with Crippen molar-refractivity contribution in [2.24, 2.45) is 23.2 Å². The van der Waals surface area contributed by atoms with Crippen LogP contribution >= 0.6 is 0 Å². The summed E-state index contributed by atoms with van der Waals surface area (Å²) in [5, 5.41) is 0. The van der Waals surface area contributed by atoms with E-state index in [0.717, 1.165) is 32.1 Å². The summed E-state index contributed by atoms with van der Waals surface area (Å²) in [6.45, 7) is 5.43. The summed E-state index contributed by atoms with van der Waals surface area (Å²) < 4.78 is 11.0. The molecular weight excluding hydrogens is 268 g/mol. The molecule has 4 heteroatoms. The highest BCUT2D eigenvalue weighted by Gasteiger charge is 2.67. The summed E-state index contributed by atoms with van der Waals surface area (Å²) >= 11 is 0. The highest BCUT2D eigenvalue weighted by molar-refractivity contribution is 6.02. The lowest BCUT2D eigenvalue weighted by atomic mass is 9.68. The van der Waals surface area contributed by atoms with Gasteiger partial charge in [0.2, 0.25) is 0 Å². The molecule has 0 unspecified atom stereocenters. The Morgan fingerprint density at radius 1 is 1.10 bits per heavy atom. The second-order valence-corrected chi connectivity index (χ2v) is 7.46. The first kappa shape index (κ1) is 14.9. The fourth-order valence-electron chi connectivity index (χ4n) is 4.94. The number of hydrogen-bond donors (Lipinski definition) is 0. The molecule has 21 heavy (non-hydrogen) atoms. The molecule has 3 aliphatic rings. The van der Waals surface area contributed by atoms with Gasteiger partial charge in [0.15, 0.2) is 5.41 Å². The third-order valence-electron chi connectivity index (χ3n) is 5.71. The molecule has 0 radical (unpaired) electrons. The van der Waals surface area contributed by atoms with Gasteiger partial charge in [-0.25, -0.2) is 0 Å². The predicted molar refractivity (Wildman–Crippen MR) is 77.2 cm³/mol. The molecule has 1 aliphatic heterocycles. The highest BCUT2D eigenvalue weighted by atomic mass is 16.7. The van der Waals surface area contributed by atoms with Crippen LogP contribution in [0.5, 0.6) is 0 Å². The molecule has 1 saturated heterocycles. The van der Waals surface area contributed by atoms with E-state index in [-0.39, 0.29) is 17.9 Å². The van der Waals surface area contributed by atoms with E-state index in [2.05, 4.69) is 6.92 Å². The van der Waals surface area contributed by atoms with Crippen LogP contribution in [0.2, 0.25) is 0 Å². The normalized spacial score (nSPS) is 37.0.